The lowest BCUT2D eigenvalue weighted by molar-refractivity contribution is 0.189. The fraction of sp³-hybridized carbons (Fsp3) is 0.615. The van der Waals surface area contributed by atoms with E-state index >= 15 is 0 Å². The molecule has 4 heteroatoms. The molecule has 1 aliphatic heterocycles. The maximum Gasteiger partial charge on any atom is 0.169 e. The first-order valence-electron chi connectivity index (χ1n) is 6.27. The van der Waals surface area contributed by atoms with Crippen molar-refractivity contribution >= 4 is 17.3 Å². The summed E-state index contributed by atoms with van der Waals surface area (Å²) in [5.41, 5.74) is 0. The van der Waals surface area contributed by atoms with Crippen LogP contribution in [0.4, 0.5) is 0 Å². The summed E-state index contributed by atoms with van der Waals surface area (Å²) < 4.78 is 5.28. The summed E-state index contributed by atoms with van der Waals surface area (Å²) in [7, 11) is 0. The van der Waals surface area contributed by atoms with E-state index in [-0.39, 0.29) is 0 Å². The molecule has 0 radical (unpaired) electrons. The van der Waals surface area contributed by atoms with E-state index in [1.807, 2.05) is 12.1 Å². The van der Waals surface area contributed by atoms with E-state index in [0.29, 0.717) is 18.6 Å². The summed E-state index contributed by atoms with van der Waals surface area (Å²) in [5.74, 6) is 0.921. The number of rotatable bonds is 2. The molecule has 1 aromatic rings. The van der Waals surface area contributed by atoms with Gasteiger partial charge in [0.05, 0.1) is 12.8 Å². The van der Waals surface area contributed by atoms with E-state index in [2.05, 4.69) is 24.1 Å². The van der Waals surface area contributed by atoms with Crippen LogP contribution in [-0.2, 0) is 6.54 Å². The highest BCUT2D eigenvalue weighted by molar-refractivity contribution is 7.80. The molecule has 94 valence electrons. The predicted molar refractivity (Wildman–Crippen MR) is 72.8 cm³/mol. The molecule has 2 atom stereocenters. The fourth-order valence-corrected chi connectivity index (χ4v) is 2.92. The Labute approximate surface area is 108 Å². The van der Waals surface area contributed by atoms with E-state index in [4.69, 9.17) is 16.6 Å². The van der Waals surface area contributed by atoms with E-state index in [9.17, 15) is 0 Å². The highest BCUT2D eigenvalue weighted by atomic mass is 32.1. The molecule has 2 rings (SSSR count). The average Bonchev–Trinajstić information content (AvgIpc) is 2.79. The quantitative estimate of drug-likeness (QED) is 0.819. The number of hydrogen-bond acceptors (Lipinski definition) is 2. The first-order chi connectivity index (χ1) is 8.18. The zero-order chi connectivity index (χ0) is 12.3. The Morgan fingerprint density at radius 2 is 2.18 bits per heavy atom. The predicted octanol–water partition coefficient (Wildman–Crippen LogP) is 2.92. The van der Waals surface area contributed by atoms with Gasteiger partial charge in [0.25, 0.3) is 0 Å². The molecule has 1 fully saturated rings. The van der Waals surface area contributed by atoms with Gasteiger partial charge < -0.3 is 14.6 Å². The van der Waals surface area contributed by atoms with E-state index in [1.54, 1.807) is 6.26 Å². The smallest absolute Gasteiger partial charge is 0.169 e. The van der Waals surface area contributed by atoms with Crippen molar-refractivity contribution in [3.05, 3.63) is 24.2 Å². The maximum absolute atomic E-state index is 5.47. The molecule has 1 N–H and O–H groups in total. The summed E-state index contributed by atoms with van der Waals surface area (Å²) in [6.45, 7) is 5.16. The Kier molecular flexibility index (Phi) is 4.05. The molecule has 0 saturated carbocycles. The van der Waals surface area contributed by atoms with Crippen molar-refractivity contribution in [3.63, 3.8) is 0 Å². The normalized spacial score (nSPS) is 24.7. The summed E-state index contributed by atoms with van der Waals surface area (Å²) in [6.07, 6.45) is 5.45. The van der Waals surface area contributed by atoms with Crippen LogP contribution in [0.3, 0.4) is 0 Å². The number of hydrogen-bond donors (Lipinski definition) is 1. The summed E-state index contributed by atoms with van der Waals surface area (Å²) in [6, 6.07) is 4.93. The second kappa shape index (κ2) is 5.54. The zero-order valence-electron chi connectivity index (χ0n) is 10.5. The van der Waals surface area contributed by atoms with Crippen LogP contribution in [0.1, 0.15) is 38.9 Å². The van der Waals surface area contributed by atoms with Crippen molar-refractivity contribution in [2.75, 3.05) is 0 Å². The molecule has 1 aromatic heterocycles. The number of thiocarbonyl (C=S) groups is 1. The lowest BCUT2D eigenvalue weighted by atomic mass is 9.98. The Morgan fingerprint density at radius 3 is 2.76 bits per heavy atom. The molecule has 1 aliphatic rings. The van der Waals surface area contributed by atoms with E-state index < -0.39 is 0 Å². The third-order valence-electron chi connectivity index (χ3n) is 3.42. The Morgan fingerprint density at radius 1 is 1.47 bits per heavy atom. The SMILES string of the molecule is C[C@@H]1CCC[C@@H](C)N1C(=S)NCc1ccco1. The van der Waals surface area contributed by atoms with E-state index in [0.717, 1.165) is 10.9 Å². The van der Waals surface area contributed by atoms with Gasteiger partial charge in [0.15, 0.2) is 5.11 Å². The summed E-state index contributed by atoms with van der Waals surface area (Å²) in [4.78, 5) is 2.32. The van der Waals surface area contributed by atoms with Crippen LogP contribution in [0.2, 0.25) is 0 Å². The van der Waals surface area contributed by atoms with Crippen molar-refractivity contribution in [2.24, 2.45) is 0 Å². The number of likely N-dealkylation sites (tertiary alicyclic amines) is 1. The molecule has 0 bridgehead atoms. The third kappa shape index (κ3) is 3.00. The minimum Gasteiger partial charge on any atom is -0.467 e. The molecule has 0 aromatic carbocycles. The average molecular weight is 252 g/mol. The molecule has 0 unspecified atom stereocenters. The molecule has 0 aliphatic carbocycles. The molecule has 1 saturated heterocycles. The van der Waals surface area contributed by atoms with Crippen LogP contribution in [-0.4, -0.2) is 22.1 Å². The molecule has 0 amide bonds. The molecule has 3 nitrogen and oxygen atoms in total. The Bertz CT molecular complexity index is 354. The third-order valence-corrected chi connectivity index (χ3v) is 3.78. The van der Waals surface area contributed by atoms with Crippen molar-refractivity contribution in [1.82, 2.24) is 10.2 Å². The molecule has 0 spiro atoms. The van der Waals surface area contributed by atoms with Crippen LogP contribution in [0.15, 0.2) is 22.8 Å². The monoisotopic (exact) mass is 252 g/mol. The zero-order valence-corrected chi connectivity index (χ0v) is 11.3. The number of nitrogens with one attached hydrogen (secondary N) is 1. The lowest BCUT2D eigenvalue weighted by Gasteiger charge is -2.40. The first kappa shape index (κ1) is 12.4. The van der Waals surface area contributed by atoms with Crippen LogP contribution < -0.4 is 5.32 Å². The van der Waals surface area contributed by atoms with Gasteiger partial charge in [-0.3, -0.25) is 0 Å². The van der Waals surface area contributed by atoms with Crippen molar-refractivity contribution in [1.29, 1.82) is 0 Å². The molecular formula is C13H20N2OS. The van der Waals surface area contributed by atoms with Gasteiger partial charge in [-0.15, -0.1) is 0 Å². The topological polar surface area (TPSA) is 28.4 Å². The molecule has 17 heavy (non-hydrogen) atoms. The summed E-state index contributed by atoms with van der Waals surface area (Å²) >= 11 is 5.47. The van der Waals surface area contributed by atoms with Gasteiger partial charge in [0.2, 0.25) is 0 Å². The largest absolute Gasteiger partial charge is 0.467 e. The molecular weight excluding hydrogens is 232 g/mol. The van der Waals surface area contributed by atoms with Gasteiger partial charge in [0.1, 0.15) is 5.76 Å². The Balaban J connectivity index is 1.90. The number of piperidine rings is 1. The first-order valence-corrected chi connectivity index (χ1v) is 6.68. The van der Waals surface area contributed by atoms with Crippen molar-refractivity contribution < 1.29 is 4.42 Å². The lowest BCUT2D eigenvalue weighted by Crippen LogP contribution is -2.51. The second-order valence-corrected chi connectivity index (χ2v) is 5.16. The van der Waals surface area contributed by atoms with Gasteiger partial charge in [0, 0.05) is 12.1 Å². The Hall–Kier alpha value is -1.03. The van der Waals surface area contributed by atoms with Crippen LogP contribution in [0.5, 0.6) is 0 Å². The highest BCUT2D eigenvalue weighted by Gasteiger charge is 2.26. The fourth-order valence-electron chi connectivity index (χ4n) is 2.49. The minimum absolute atomic E-state index is 0.537. The van der Waals surface area contributed by atoms with Crippen molar-refractivity contribution in [3.8, 4) is 0 Å². The summed E-state index contributed by atoms with van der Waals surface area (Å²) in [5, 5.41) is 4.13. The van der Waals surface area contributed by atoms with Crippen LogP contribution in [0, 0.1) is 0 Å². The van der Waals surface area contributed by atoms with Gasteiger partial charge in [-0.25, -0.2) is 0 Å². The molecule has 2 heterocycles. The van der Waals surface area contributed by atoms with Crippen molar-refractivity contribution in [2.45, 2.75) is 51.7 Å². The van der Waals surface area contributed by atoms with Crippen LogP contribution >= 0.6 is 12.2 Å². The standard InChI is InChI=1S/C13H20N2OS/c1-10-5-3-6-11(2)15(10)13(17)14-9-12-7-4-8-16-12/h4,7-8,10-11H,3,5-6,9H2,1-2H3,(H,14,17)/t10-,11-/m1/s1. The van der Waals surface area contributed by atoms with Gasteiger partial charge in [-0.2, -0.15) is 0 Å². The van der Waals surface area contributed by atoms with Gasteiger partial charge >= 0.3 is 0 Å². The minimum atomic E-state index is 0.537. The number of furan rings is 1. The second-order valence-electron chi connectivity index (χ2n) is 4.77. The maximum atomic E-state index is 5.47. The van der Waals surface area contributed by atoms with Crippen LogP contribution in [0.25, 0.3) is 0 Å². The number of nitrogens with zero attached hydrogens (tertiary/aromatic N) is 1. The van der Waals surface area contributed by atoms with Gasteiger partial charge in [-0.05, 0) is 57.5 Å². The highest BCUT2D eigenvalue weighted by Crippen LogP contribution is 2.22. The van der Waals surface area contributed by atoms with Gasteiger partial charge in [-0.1, -0.05) is 0 Å². The van der Waals surface area contributed by atoms with E-state index in [1.165, 1.54) is 19.3 Å².